The Balaban J connectivity index is 2.06. The topological polar surface area (TPSA) is 43.9 Å². The van der Waals surface area contributed by atoms with Crippen LogP contribution in [-0.2, 0) is 12.7 Å². The van der Waals surface area contributed by atoms with Crippen LogP contribution in [0.1, 0.15) is 28.2 Å². The molecule has 4 nitrogen and oxygen atoms in total. The zero-order valence-corrected chi connectivity index (χ0v) is 13.8. The SMILES string of the molecule is Cc1cnc2n1-c1ccc(C(F)(F)F)cc1C(c1ccccc1)=[N+]([O-])C2. The smallest absolute Gasteiger partial charge is 0.416 e. The fourth-order valence-corrected chi connectivity index (χ4v) is 3.26. The van der Waals surface area contributed by atoms with Crippen molar-refractivity contribution in [2.75, 3.05) is 0 Å². The van der Waals surface area contributed by atoms with Gasteiger partial charge >= 0.3 is 6.18 Å². The summed E-state index contributed by atoms with van der Waals surface area (Å²) in [5.74, 6) is 0.490. The van der Waals surface area contributed by atoms with E-state index in [1.54, 1.807) is 48.0 Å². The number of benzene rings is 2. The van der Waals surface area contributed by atoms with Crippen molar-refractivity contribution in [1.82, 2.24) is 9.55 Å². The zero-order chi connectivity index (χ0) is 18.5. The van der Waals surface area contributed by atoms with E-state index in [9.17, 15) is 18.4 Å². The Morgan fingerprint density at radius 3 is 2.54 bits per heavy atom. The maximum Gasteiger partial charge on any atom is 0.416 e. The lowest BCUT2D eigenvalue weighted by Gasteiger charge is -2.14. The van der Waals surface area contributed by atoms with Crippen molar-refractivity contribution in [1.29, 1.82) is 0 Å². The minimum atomic E-state index is -4.50. The molecule has 0 radical (unpaired) electrons. The van der Waals surface area contributed by atoms with Crippen molar-refractivity contribution in [2.24, 2.45) is 0 Å². The van der Waals surface area contributed by atoms with Gasteiger partial charge in [-0.2, -0.15) is 17.9 Å². The molecule has 0 bridgehead atoms. The highest BCUT2D eigenvalue weighted by Gasteiger charge is 2.34. The fraction of sp³-hybridized carbons (Fsp3) is 0.158. The predicted molar refractivity (Wildman–Crippen MR) is 90.3 cm³/mol. The number of hydrogen-bond donors (Lipinski definition) is 0. The number of hydrogen-bond acceptors (Lipinski definition) is 2. The molecule has 0 atom stereocenters. The number of hydroxylamine groups is 1. The maximum absolute atomic E-state index is 13.3. The molecule has 0 spiro atoms. The molecule has 26 heavy (non-hydrogen) atoms. The summed E-state index contributed by atoms with van der Waals surface area (Å²) in [6.45, 7) is 1.76. The molecule has 0 saturated carbocycles. The fourth-order valence-electron chi connectivity index (χ4n) is 3.26. The van der Waals surface area contributed by atoms with Crippen LogP contribution < -0.4 is 0 Å². The summed E-state index contributed by atoms with van der Waals surface area (Å²) in [7, 11) is 0. The van der Waals surface area contributed by atoms with Crippen LogP contribution in [0, 0.1) is 12.1 Å². The summed E-state index contributed by atoms with van der Waals surface area (Å²) >= 11 is 0. The number of aryl methyl sites for hydroxylation is 1. The second kappa shape index (κ2) is 5.72. The summed E-state index contributed by atoms with van der Waals surface area (Å²) in [5.41, 5.74) is 1.48. The van der Waals surface area contributed by atoms with Gasteiger partial charge in [-0.05, 0) is 37.3 Å². The van der Waals surface area contributed by atoms with Crippen LogP contribution in [0.3, 0.4) is 0 Å². The average Bonchev–Trinajstić information content (AvgIpc) is 2.89. The summed E-state index contributed by atoms with van der Waals surface area (Å²) < 4.78 is 42.3. The van der Waals surface area contributed by atoms with E-state index in [4.69, 9.17) is 0 Å². The molecule has 0 unspecified atom stereocenters. The summed E-state index contributed by atoms with van der Waals surface area (Å²) in [6, 6.07) is 12.2. The molecule has 7 heteroatoms. The Bertz CT molecular complexity index is 1020. The van der Waals surface area contributed by atoms with E-state index >= 15 is 0 Å². The third kappa shape index (κ3) is 2.56. The Kier molecular flexibility index (Phi) is 3.61. The second-order valence-electron chi connectivity index (χ2n) is 6.13. The molecule has 3 aromatic rings. The van der Waals surface area contributed by atoms with E-state index in [-0.39, 0.29) is 17.8 Å². The number of nitrogens with zero attached hydrogens (tertiary/aromatic N) is 3. The van der Waals surface area contributed by atoms with Gasteiger partial charge in [0.1, 0.15) is 0 Å². The largest absolute Gasteiger partial charge is 0.623 e. The molecule has 0 saturated heterocycles. The van der Waals surface area contributed by atoms with E-state index in [1.165, 1.54) is 6.07 Å². The Morgan fingerprint density at radius 1 is 1.12 bits per heavy atom. The van der Waals surface area contributed by atoms with E-state index in [0.717, 1.165) is 17.8 Å². The molecule has 0 amide bonds. The Hall–Kier alpha value is -3.09. The van der Waals surface area contributed by atoms with Gasteiger partial charge in [0.05, 0.1) is 16.8 Å². The van der Waals surface area contributed by atoms with Crippen molar-refractivity contribution in [3.05, 3.63) is 88.1 Å². The van der Waals surface area contributed by atoms with E-state index in [1.807, 2.05) is 0 Å². The van der Waals surface area contributed by atoms with Crippen LogP contribution in [0.4, 0.5) is 13.2 Å². The second-order valence-corrected chi connectivity index (χ2v) is 6.13. The molecular formula is C19H14F3N3O. The molecular weight excluding hydrogens is 343 g/mol. The Morgan fingerprint density at radius 2 is 1.85 bits per heavy atom. The highest BCUT2D eigenvalue weighted by atomic mass is 19.4. The van der Waals surface area contributed by atoms with Gasteiger partial charge in [-0.3, -0.25) is 4.57 Å². The number of rotatable bonds is 1. The quantitative estimate of drug-likeness (QED) is 0.487. The van der Waals surface area contributed by atoms with Gasteiger partial charge in [0.15, 0.2) is 5.82 Å². The molecule has 2 aromatic carbocycles. The van der Waals surface area contributed by atoms with Gasteiger partial charge in [-0.15, -0.1) is 0 Å². The highest BCUT2D eigenvalue weighted by molar-refractivity contribution is 6.12. The number of fused-ring (bicyclic) bond motifs is 3. The lowest BCUT2D eigenvalue weighted by Crippen LogP contribution is -2.18. The number of alkyl halides is 3. The molecule has 1 aliphatic rings. The highest BCUT2D eigenvalue weighted by Crippen LogP contribution is 2.34. The first-order valence-electron chi connectivity index (χ1n) is 7.98. The van der Waals surface area contributed by atoms with Crippen molar-refractivity contribution in [2.45, 2.75) is 19.6 Å². The lowest BCUT2D eigenvalue weighted by molar-refractivity contribution is -0.475. The zero-order valence-electron chi connectivity index (χ0n) is 13.8. The average molecular weight is 357 g/mol. The van der Waals surface area contributed by atoms with Crippen LogP contribution in [0.15, 0.2) is 54.7 Å². The third-order valence-corrected chi connectivity index (χ3v) is 4.41. The molecule has 4 rings (SSSR count). The lowest BCUT2D eigenvalue weighted by atomic mass is 9.98. The van der Waals surface area contributed by atoms with Crippen LogP contribution in [-0.4, -0.2) is 20.0 Å². The van der Waals surface area contributed by atoms with Crippen LogP contribution in [0.25, 0.3) is 5.69 Å². The monoisotopic (exact) mass is 357 g/mol. The Labute approximate surface area is 147 Å². The summed E-state index contributed by atoms with van der Waals surface area (Å²) in [4.78, 5) is 4.25. The minimum Gasteiger partial charge on any atom is -0.623 e. The first kappa shape index (κ1) is 16.4. The van der Waals surface area contributed by atoms with Crippen LogP contribution in [0.2, 0.25) is 0 Å². The summed E-state index contributed by atoms with van der Waals surface area (Å²) in [5, 5.41) is 12.9. The first-order valence-corrected chi connectivity index (χ1v) is 7.98. The predicted octanol–water partition coefficient (Wildman–Crippen LogP) is 4.06. The van der Waals surface area contributed by atoms with Crippen molar-refractivity contribution in [3.63, 3.8) is 0 Å². The number of aromatic nitrogens is 2. The standard InChI is InChI=1S/C19H14F3N3O/c1-12-10-23-17-11-24(26)18(13-5-3-2-4-6-13)15-9-14(19(20,21)22)7-8-16(15)25(12)17/h2-10H,11H2,1H3. The van der Waals surface area contributed by atoms with Crippen molar-refractivity contribution >= 4 is 5.71 Å². The van der Waals surface area contributed by atoms with Gasteiger partial charge in [-0.1, -0.05) is 18.2 Å². The van der Waals surface area contributed by atoms with Gasteiger partial charge in [0, 0.05) is 17.5 Å². The minimum absolute atomic E-state index is 0.0475. The third-order valence-electron chi connectivity index (χ3n) is 4.41. The van der Waals surface area contributed by atoms with Gasteiger partial charge in [-0.25, -0.2) is 4.98 Å². The molecule has 132 valence electrons. The first-order chi connectivity index (χ1) is 12.4. The van der Waals surface area contributed by atoms with Crippen LogP contribution in [0.5, 0.6) is 0 Å². The van der Waals surface area contributed by atoms with Crippen LogP contribution >= 0.6 is 0 Å². The molecule has 0 fully saturated rings. The molecule has 1 aliphatic heterocycles. The van der Waals surface area contributed by atoms with E-state index in [2.05, 4.69) is 4.98 Å². The van der Waals surface area contributed by atoms with E-state index in [0.29, 0.717) is 21.8 Å². The molecule has 1 aromatic heterocycles. The number of halogens is 3. The van der Waals surface area contributed by atoms with Crippen molar-refractivity contribution < 1.29 is 17.9 Å². The van der Waals surface area contributed by atoms with Gasteiger partial charge in [0.2, 0.25) is 12.3 Å². The van der Waals surface area contributed by atoms with Gasteiger partial charge < -0.3 is 5.21 Å². The summed E-state index contributed by atoms with van der Waals surface area (Å²) in [6.07, 6.45) is -2.89. The molecule has 0 N–H and O–H groups in total. The maximum atomic E-state index is 13.3. The van der Waals surface area contributed by atoms with E-state index < -0.39 is 11.7 Å². The van der Waals surface area contributed by atoms with Crippen molar-refractivity contribution in [3.8, 4) is 5.69 Å². The van der Waals surface area contributed by atoms with Gasteiger partial charge in [0.25, 0.3) is 0 Å². The molecule has 0 aliphatic carbocycles. The number of imidazole rings is 1. The normalized spacial score (nSPS) is 14.0. The molecule has 2 heterocycles.